The summed E-state index contributed by atoms with van der Waals surface area (Å²) in [6.45, 7) is 3.43. The number of morpholine rings is 1. The molecule has 0 aliphatic carbocycles. The van der Waals surface area contributed by atoms with Gasteiger partial charge in [0.1, 0.15) is 11.9 Å². The number of hydrogen-bond acceptors (Lipinski definition) is 5. The molecule has 0 amide bonds. The first kappa shape index (κ1) is 20.7. The van der Waals surface area contributed by atoms with Crippen molar-refractivity contribution in [3.63, 3.8) is 0 Å². The third kappa shape index (κ3) is 5.26. The van der Waals surface area contributed by atoms with Gasteiger partial charge in [0.05, 0.1) is 18.3 Å². The molecule has 7 nitrogen and oxygen atoms in total. The average Bonchev–Trinajstić information content (AvgIpc) is 3.23. The highest BCUT2D eigenvalue weighted by molar-refractivity contribution is 5.80. The Morgan fingerprint density at radius 3 is 2.82 bits per heavy atom. The summed E-state index contributed by atoms with van der Waals surface area (Å²) in [7, 11) is 1.69. The number of nitrogens with zero attached hydrogens (tertiary/aromatic N) is 3. The number of ether oxygens (including phenoxy) is 2. The van der Waals surface area contributed by atoms with Gasteiger partial charge in [-0.3, -0.25) is 4.99 Å². The molecule has 0 radical (unpaired) electrons. The zero-order valence-electron chi connectivity index (χ0n) is 15.8. The SMILES string of the molecule is CN=C(NCCNc1ncccc1C(F)(F)F)N1CCOC(C2CCCO2)C1. The minimum absolute atomic E-state index is 0.00999. The van der Waals surface area contributed by atoms with Crippen LogP contribution >= 0.6 is 0 Å². The van der Waals surface area contributed by atoms with E-state index in [9.17, 15) is 13.2 Å². The summed E-state index contributed by atoms with van der Waals surface area (Å²) in [4.78, 5) is 10.2. The summed E-state index contributed by atoms with van der Waals surface area (Å²) in [6.07, 6.45) is -0.923. The minimum Gasteiger partial charge on any atom is -0.375 e. The van der Waals surface area contributed by atoms with Gasteiger partial charge in [0.25, 0.3) is 0 Å². The molecule has 2 aliphatic rings. The number of pyridine rings is 1. The average molecular weight is 401 g/mol. The molecule has 1 aromatic rings. The predicted octanol–water partition coefficient (Wildman–Crippen LogP) is 1.97. The van der Waals surface area contributed by atoms with Gasteiger partial charge in [0.15, 0.2) is 5.96 Å². The number of rotatable bonds is 5. The van der Waals surface area contributed by atoms with Crippen LogP contribution < -0.4 is 10.6 Å². The van der Waals surface area contributed by atoms with Crippen LogP contribution in [-0.2, 0) is 15.7 Å². The van der Waals surface area contributed by atoms with E-state index in [1.807, 2.05) is 0 Å². The van der Waals surface area contributed by atoms with Crippen LogP contribution in [0.4, 0.5) is 19.0 Å². The van der Waals surface area contributed by atoms with Crippen molar-refractivity contribution in [2.24, 2.45) is 4.99 Å². The third-order valence-electron chi connectivity index (χ3n) is 4.80. The largest absolute Gasteiger partial charge is 0.419 e. The Labute approximate surface area is 162 Å². The van der Waals surface area contributed by atoms with E-state index in [1.54, 1.807) is 7.05 Å². The highest BCUT2D eigenvalue weighted by atomic mass is 19.4. The molecule has 0 bridgehead atoms. The number of anilines is 1. The lowest BCUT2D eigenvalue weighted by atomic mass is 10.1. The molecule has 0 saturated carbocycles. The molecular weight excluding hydrogens is 375 g/mol. The van der Waals surface area contributed by atoms with Crippen molar-refractivity contribution in [3.05, 3.63) is 23.9 Å². The first-order chi connectivity index (χ1) is 13.5. The van der Waals surface area contributed by atoms with Gasteiger partial charge in [-0.1, -0.05) is 0 Å². The quantitative estimate of drug-likeness (QED) is 0.447. The highest BCUT2D eigenvalue weighted by Crippen LogP contribution is 2.33. The van der Waals surface area contributed by atoms with Gasteiger partial charge in [-0.2, -0.15) is 13.2 Å². The van der Waals surface area contributed by atoms with Crippen molar-refractivity contribution in [2.75, 3.05) is 51.8 Å². The summed E-state index contributed by atoms with van der Waals surface area (Å²) in [6, 6.07) is 2.29. The lowest BCUT2D eigenvalue weighted by molar-refractivity contribution is -0.137. The Bertz CT molecular complexity index is 665. The molecule has 3 heterocycles. The Hall–Kier alpha value is -2.07. The second-order valence-corrected chi connectivity index (χ2v) is 6.70. The zero-order valence-corrected chi connectivity index (χ0v) is 15.8. The summed E-state index contributed by atoms with van der Waals surface area (Å²) < 4.78 is 50.6. The Morgan fingerprint density at radius 2 is 2.11 bits per heavy atom. The van der Waals surface area contributed by atoms with Gasteiger partial charge in [-0.15, -0.1) is 0 Å². The summed E-state index contributed by atoms with van der Waals surface area (Å²) in [5, 5.41) is 5.93. The lowest BCUT2D eigenvalue weighted by Crippen LogP contribution is -2.53. The third-order valence-corrected chi connectivity index (χ3v) is 4.80. The van der Waals surface area contributed by atoms with Crippen LogP contribution in [0, 0.1) is 0 Å². The lowest BCUT2D eigenvalue weighted by Gasteiger charge is -2.37. The molecular formula is C18H26F3N5O2. The summed E-state index contributed by atoms with van der Waals surface area (Å²) >= 11 is 0. The van der Waals surface area contributed by atoms with E-state index < -0.39 is 11.7 Å². The molecule has 28 heavy (non-hydrogen) atoms. The van der Waals surface area contributed by atoms with E-state index in [-0.39, 0.29) is 24.6 Å². The summed E-state index contributed by atoms with van der Waals surface area (Å²) in [5.74, 6) is 0.529. The fourth-order valence-electron chi connectivity index (χ4n) is 3.45. The maximum atomic E-state index is 13.0. The van der Waals surface area contributed by atoms with Crippen LogP contribution in [-0.4, -0.2) is 74.5 Å². The molecule has 0 spiro atoms. The smallest absolute Gasteiger partial charge is 0.375 e. The van der Waals surface area contributed by atoms with Gasteiger partial charge < -0.3 is 25.0 Å². The maximum Gasteiger partial charge on any atom is 0.419 e. The number of nitrogens with one attached hydrogen (secondary N) is 2. The second kappa shape index (κ2) is 9.42. The monoisotopic (exact) mass is 401 g/mol. The van der Waals surface area contributed by atoms with E-state index in [1.165, 1.54) is 12.3 Å². The molecule has 2 atom stereocenters. The Kier molecular flexibility index (Phi) is 6.95. The minimum atomic E-state index is -4.44. The van der Waals surface area contributed by atoms with Crippen LogP contribution in [0.5, 0.6) is 0 Å². The number of halogens is 3. The van der Waals surface area contributed by atoms with Crippen molar-refractivity contribution < 1.29 is 22.6 Å². The van der Waals surface area contributed by atoms with E-state index >= 15 is 0 Å². The predicted molar refractivity (Wildman–Crippen MR) is 99.4 cm³/mol. The maximum absolute atomic E-state index is 13.0. The fourth-order valence-corrected chi connectivity index (χ4v) is 3.45. The molecule has 156 valence electrons. The topological polar surface area (TPSA) is 71.0 Å². The van der Waals surface area contributed by atoms with Crippen molar-refractivity contribution in [2.45, 2.75) is 31.2 Å². The number of aromatic nitrogens is 1. The van der Waals surface area contributed by atoms with Crippen LogP contribution in [0.2, 0.25) is 0 Å². The molecule has 0 aromatic carbocycles. The molecule has 3 rings (SSSR count). The zero-order chi connectivity index (χ0) is 20.0. The van der Waals surface area contributed by atoms with Crippen molar-refractivity contribution in [1.82, 2.24) is 15.2 Å². The number of alkyl halides is 3. The van der Waals surface area contributed by atoms with Gasteiger partial charge in [0.2, 0.25) is 0 Å². The fraction of sp³-hybridized carbons (Fsp3) is 0.667. The van der Waals surface area contributed by atoms with Gasteiger partial charge in [-0.05, 0) is 25.0 Å². The normalized spacial score (nSPS) is 23.7. The molecule has 2 fully saturated rings. The molecule has 2 aliphatic heterocycles. The van der Waals surface area contributed by atoms with Gasteiger partial charge >= 0.3 is 6.18 Å². The van der Waals surface area contributed by atoms with E-state index in [4.69, 9.17) is 9.47 Å². The first-order valence-electron chi connectivity index (χ1n) is 9.44. The van der Waals surface area contributed by atoms with Crippen LogP contribution in [0.15, 0.2) is 23.3 Å². The van der Waals surface area contributed by atoms with Gasteiger partial charge in [0, 0.05) is 46.0 Å². The van der Waals surface area contributed by atoms with Crippen molar-refractivity contribution in [3.8, 4) is 0 Å². The Morgan fingerprint density at radius 1 is 1.29 bits per heavy atom. The second-order valence-electron chi connectivity index (χ2n) is 6.70. The molecule has 2 saturated heterocycles. The standard InChI is InChI=1S/C18H26F3N5O2/c1-22-17(26-9-11-28-15(12-26)14-5-3-10-27-14)25-8-7-24-16-13(18(19,20)21)4-2-6-23-16/h2,4,6,14-15H,3,5,7-12H2,1H3,(H,22,25)(H,23,24). The molecule has 2 unspecified atom stereocenters. The van der Waals surface area contributed by atoms with Gasteiger partial charge in [-0.25, -0.2) is 4.98 Å². The van der Waals surface area contributed by atoms with E-state index in [2.05, 4.69) is 25.5 Å². The molecule has 1 aromatic heterocycles. The molecule has 2 N–H and O–H groups in total. The van der Waals surface area contributed by atoms with Crippen molar-refractivity contribution in [1.29, 1.82) is 0 Å². The summed E-state index contributed by atoms with van der Waals surface area (Å²) in [5.41, 5.74) is -0.771. The van der Waals surface area contributed by atoms with Crippen LogP contribution in [0.3, 0.4) is 0 Å². The molecule has 10 heteroatoms. The van der Waals surface area contributed by atoms with E-state index in [0.29, 0.717) is 32.2 Å². The van der Waals surface area contributed by atoms with Crippen LogP contribution in [0.1, 0.15) is 18.4 Å². The Balaban J connectivity index is 1.48. The van der Waals surface area contributed by atoms with Crippen LogP contribution in [0.25, 0.3) is 0 Å². The van der Waals surface area contributed by atoms with Crippen molar-refractivity contribution >= 4 is 11.8 Å². The first-order valence-corrected chi connectivity index (χ1v) is 9.44. The number of aliphatic imine (C=N–C) groups is 1. The number of hydrogen-bond donors (Lipinski definition) is 2. The van der Waals surface area contributed by atoms with E-state index in [0.717, 1.165) is 25.5 Å². The highest BCUT2D eigenvalue weighted by Gasteiger charge is 2.34. The number of guanidine groups is 1.